The molecule has 1 aliphatic heterocycles. The summed E-state index contributed by atoms with van der Waals surface area (Å²) in [5.41, 5.74) is -0.375. The van der Waals surface area contributed by atoms with Crippen LogP contribution in [0.4, 0.5) is 13.2 Å². The van der Waals surface area contributed by atoms with E-state index in [0.717, 1.165) is 23.8 Å². The van der Waals surface area contributed by atoms with Crippen LogP contribution in [0.25, 0.3) is 0 Å². The first kappa shape index (κ1) is 24.3. The smallest absolute Gasteiger partial charge is 0.416 e. The van der Waals surface area contributed by atoms with Gasteiger partial charge in [0.25, 0.3) is 5.91 Å². The third kappa shape index (κ3) is 6.83. The molecule has 2 aromatic rings. The van der Waals surface area contributed by atoms with Gasteiger partial charge in [0.1, 0.15) is 0 Å². The minimum absolute atomic E-state index is 0.122. The molecule has 0 aromatic heterocycles. The van der Waals surface area contributed by atoms with Crippen molar-refractivity contribution in [3.05, 3.63) is 53.6 Å². The maximum absolute atomic E-state index is 12.7. The van der Waals surface area contributed by atoms with Gasteiger partial charge in [-0.2, -0.15) is 13.2 Å². The van der Waals surface area contributed by atoms with E-state index in [0.29, 0.717) is 17.6 Å². The van der Waals surface area contributed by atoms with E-state index in [9.17, 15) is 31.2 Å². The number of fused-ring (bicyclic) bond motifs is 1. The van der Waals surface area contributed by atoms with Crippen molar-refractivity contribution in [2.45, 2.75) is 24.0 Å². The fourth-order valence-corrected chi connectivity index (χ4v) is 3.81. The van der Waals surface area contributed by atoms with Crippen LogP contribution in [0.15, 0.2) is 47.4 Å². The van der Waals surface area contributed by atoms with Gasteiger partial charge in [0, 0.05) is 13.1 Å². The molecule has 0 saturated carbocycles. The second-order valence-electron chi connectivity index (χ2n) is 6.80. The monoisotopic (exact) mass is 488 g/mol. The molecule has 0 saturated heterocycles. The third-order valence-electron chi connectivity index (χ3n) is 4.38. The fourth-order valence-electron chi connectivity index (χ4n) is 2.73. The van der Waals surface area contributed by atoms with E-state index in [1.807, 2.05) is 4.72 Å². The minimum atomic E-state index is -4.70. The van der Waals surface area contributed by atoms with Crippen molar-refractivity contribution in [2.24, 2.45) is 0 Å². The summed E-state index contributed by atoms with van der Waals surface area (Å²) in [6, 6.07) is 8.33. The van der Waals surface area contributed by atoms with E-state index in [1.165, 1.54) is 0 Å². The second-order valence-corrected chi connectivity index (χ2v) is 8.57. The topological polar surface area (TPSA) is 120 Å². The Kier molecular flexibility index (Phi) is 7.43. The number of sulfonamides is 1. The van der Waals surface area contributed by atoms with Crippen LogP contribution in [0.1, 0.15) is 17.5 Å². The lowest BCUT2D eigenvalue weighted by Gasteiger charge is -2.10. The molecule has 2 aromatic carbocycles. The molecule has 3 rings (SSSR count). The summed E-state index contributed by atoms with van der Waals surface area (Å²) in [7, 11) is -4.27. The molecule has 0 fully saturated rings. The number of carbonyl (C=O) groups is 2. The number of halogens is 3. The van der Waals surface area contributed by atoms with Gasteiger partial charge in [-0.1, -0.05) is 12.1 Å². The van der Waals surface area contributed by atoms with E-state index < -0.39 is 58.1 Å². The van der Waals surface area contributed by atoms with Gasteiger partial charge in [0.15, 0.2) is 18.1 Å². The largest absolute Gasteiger partial charge is 0.456 e. The number of esters is 1. The normalized spacial score (nSPS) is 12.9. The van der Waals surface area contributed by atoms with Crippen LogP contribution in [0.2, 0.25) is 0 Å². The van der Waals surface area contributed by atoms with Crippen LogP contribution in [0.3, 0.4) is 0 Å². The highest BCUT2D eigenvalue weighted by Crippen LogP contribution is 2.32. The molecule has 0 unspecified atom stereocenters. The molecular formula is C20H19F3N2O7S. The van der Waals surface area contributed by atoms with Crippen molar-refractivity contribution < 1.29 is 45.4 Å². The summed E-state index contributed by atoms with van der Waals surface area (Å²) >= 11 is 0. The van der Waals surface area contributed by atoms with Crippen LogP contribution < -0.4 is 19.5 Å². The van der Waals surface area contributed by atoms with Crippen molar-refractivity contribution in [2.75, 3.05) is 19.9 Å². The number of carbonyl (C=O) groups excluding carboxylic acids is 2. The number of alkyl halides is 3. The maximum atomic E-state index is 12.7. The molecule has 1 aliphatic rings. The molecule has 2 N–H and O–H groups in total. The Balaban J connectivity index is 1.39. The quantitative estimate of drug-likeness (QED) is 0.518. The van der Waals surface area contributed by atoms with Gasteiger partial charge >= 0.3 is 12.1 Å². The Morgan fingerprint density at radius 1 is 1.06 bits per heavy atom. The highest BCUT2D eigenvalue weighted by molar-refractivity contribution is 7.89. The highest BCUT2D eigenvalue weighted by atomic mass is 32.2. The molecule has 9 nitrogen and oxygen atoms in total. The van der Waals surface area contributed by atoms with E-state index in [2.05, 4.69) is 5.32 Å². The third-order valence-corrected chi connectivity index (χ3v) is 5.84. The predicted octanol–water partition coefficient (Wildman–Crippen LogP) is 1.96. The number of benzene rings is 2. The summed E-state index contributed by atoms with van der Waals surface area (Å²) in [6.07, 6.45) is -5.12. The van der Waals surface area contributed by atoms with E-state index >= 15 is 0 Å². The van der Waals surface area contributed by atoms with Crippen molar-refractivity contribution in [1.82, 2.24) is 10.0 Å². The lowest BCUT2D eigenvalue weighted by atomic mass is 10.2. The first-order chi connectivity index (χ1) is 15.5. The molecule has 33 heavy (non-hydrogen) atoms. The summed E-state index contributed by atoms with van der Waals surface area (Å²) in [5, 5.41) is 2.55. The molecule has 13 heteroatoms. The SMILES string of the molecule is O=C(COC(=O)CCNS(=O)(=O)c1cccc(C(F)(F)F)c1)NCc1ccc2c(c1)OCO2. The van der Waals surface area contributed by atoms with Crippen molar-refractivity contribution in [3.63, 3.8) is 0 Å². The van der Waals surface area contributed by atoms with Crippen LogP contribution in [0.5, 0.6) is 11.5 Å². The molecule has 1 amide bonds. The van der Waals surface area contributed by atoms with Crippen LogP contribution in [-0.2, 0) is 37.1 Å². The molecular weight excluding hydrogens is 469 g/mol. The lowest BCUT2D eigenvalue weighted by Crippen LogP contribution is -2.30. The Hall–Kier alpha value is -3.32. The zero-order valence-corrected chi connectivity index (χ0v) is 17.8. The molecule has 0 aliphatic carbocycles. The minimum Gasteiger partial charge on any atom is -0.456 e. The summed E-state index contributed by atoms with van der Waals surface area (Å²) in [4.78, 5) is 23.0. The van der Waals surface area contributed by atoms with E-state index in [4.69, 9.17) is 14.2 Å². The molecule has 0 spiro atoms. The number of hydrogen-bond donors (Lipinski definition) is 2. The van der Waals surface area contributed by atoms with Crippen molar-refractivity contribution in [3.8, 4) is 11.5 Å². The number of ether oxygens (including phenoxy) is 3. The molecule has 0 radical (unpaired) electrons. The number of nitrogens with one attached hydrogen (secondary N) is 2. The molecule has 178 valence electrons. The van der Waals surface area contributed by atoms with E-state index in [1.54, 1.807) is 18.2 Å². The van der Waals surface area contributed by atoms with Gasteiger partial charge < -0.3 is 19.5 Å². The molecule has 0 bridgehead atoms. The van der Waals surface area contributed by atoms with Crippen molar-refractivity contribution in [1.29, 1.82) is 0 Å². The van der Waals surface area contributed by atoms with Crippen molar-refractivity contribution >= 4 is 21.9 Å². The van der Waals surface area contributed by atoms with Crippen LogP contribution in [-0.4, -0.2) is 40.2 Å². The number of hydrogen-bond acceptors (Lipinski definition) is 7. The number of amides is 1. The number of rotatable bonds is 9. The first-order valence-electron chi connectivity index (χ1n) is 9.52. The fraction of sp³-hybridized carbons (Fsp3) is 0.300. The predicted molar refractivity (Wildman–Crippen MR) is 107 cm³/mol. The Morgan fingerprint density at radius 3 is 2.58 bits per heavy atom. The van der Waals surface area contributed by atoms with Gasteiger partial charge in [-0.25, -0.2) is 13.1 Å². The standard InChI is InChI=1S/C20H19F3N2O7S/c21-20(22,23)14-2-1-3-15(9-14)33(28,29)25-7-6-19(27)30-11-18(26)24-10-13-4-5-16-17(8-13)32-12-31-16/h1-5,8-9,25H,6-7,10-12H2,(H,24,26). The summed E-state index contributed by atoms with van der Waals surface area (Å²) in [6.45, 7) is -0.721. The Bertz CT molecular complexity index is 1140. The molecule has 0 atom stereocenters. The van der Waals surface area contributed by atoms with E-state index in [-0.39, 0.29) is 13.3 Å². The second kappa shape index (κ2) is 10.1. The zero-order chi connectivity index (χ0) is 24.1. The average molecular weight is 488 g/mol. The van der Waals surface area contributed by atoms with Gasteiger partial charge in [0.05, 0.1) is 16.9 Å². The Labute approximate surface area is 186 Å². The highest BCUT2D eigenvalue weighted by Gasteiger charge is 2.31. The van der Waals surface area contributed by atoms with Gasteiger partial charge in [-0.3, -0.25) is 9.59 Å². The maximum Gasteiger partial charge on any atom is 0.416 e. The first-order valence-corrected chi connectivity index (χ1v) is 11.0. The summed E-state index contributed by atoms with van der Waals surface area (Å²) < 4.78 is 79.7. The van der Waals surface area contributed by atoms with Crippen LogP contribution >= 0.6 is 0 Å². The summed E-state index contributed by atoms with van der Waals surface area (Å²) in [5.74, 6) is -0.283. The Morgan fingerprint density at radius 2 is 1.82 bits per heavy atom. The van der Waals surface area contributed by atoms with Crippen LogP contribution in [0, 0.1) is 0 Å². The average Bonchev–Trinajstić information content (AvgIpc) is 3.23. The zero-order valence-electron chi connectivity index (χ0n) is 17.0. The lowest BCUT2D eigenvalue weighted by molar-refractivity contribution is -0.148. The van der Waals surface area contributed by atoms with Gasteiger partial charge in [-0.15, -0.1) is 0 Å². The molecule has 1 heterocycles. The van der Waals surface area contributed by atoms with Gasteiger partial charge in [0.2, 0.25) is 16.8 Å². The van der Waals surface area contributed by atoms with Gasteiger partial charge in [-0.05, 0) is 35.9 Å².